The second kappa shape index (κ2) is 6.26. The Hall–Kier alpha value is 0.137. The number of ether oxygens (including phenoxy) is 1. The van der Waals surface area contributed by atoms with Crippen molar-refractivity contribution in [1.29, 1.82) is 0 Å². The molecule has 0 saturated heterocycles. The Morgan fingerprint density at radius 2 is 2.22 bits per heavy atom. The maximum atomic E-state index is 8.94. The first kappa shape index (κ1) is 9.14. The summed E-state index contributed by atoms with van der Waals surface area (Å²) in [6, 6.07) is 0.986. The number of hydrogen-bond donors (Lipinski definition) is 1. The summed E-state index contributed by atoms with van der Waals surface area (Å²) in [4.78, 5) is 8.94. The topological polar surface area (TPSA) is 29.5 Å². The molecule has 0 bridgehead atoms. The lowest BCUT2D eigenvalue weighted by Crippen LogP contribution is -2.06. The highest BCUT2D eigenvalue weighted by Crippen LogP contribution is 1.93. The summed E-state index contributed by atoms with van der Waals surface area (Å²) in [5.74, 6) is 0. The number of rotatable bonds is 5. The van der Waals surface area contributed by atoms with Gasteiger partial charge in [-0.3, -0.25) is 0 Å². The molecule has 0 rings (SSSR count). The summed E-state index contributed by atoms with van der Waals surface area (Å²) < 4.78 is 5.10. The standard InChI is InChI=1S/C6H16O2Si/c1-3-8-5-4-6-9(2)7/h7,9H,3-6H2,1-2H3. The van der Waals surface area contributed by atoms with Gasteiger partial charge in [0.15, 0.2) is 9.04 Å². The highest BCUT2D eigenvalue weighted by molar-refractivity contribution is 6.48. The van der Waals surface area contributed by atoms with Crippen molar-refractivity contribution in [3.63, 3.8) is 0 Å². The third kappa shape index (κ3) is 8.14. The van der Waals surface area contributed by atoms with E-state index in [2.05, 4.69) is 0 Å². The van der Waals surface area contributed by atoms with Crippen LogP contribution in [0.3, 0.4) is 0 Å². The Morgan fingerprint density at radius 1 is 1.56 bits per heavy atom. The molecule has 0 aliphatic carbocycles. The minimum Gasteiger partial charge on any atom is -0.435 e. The molecule has 1 N–H and O–H groups in total. The van der Waals surface area contributed by atoms with Crippen molar-refractivity contribution in [3.05, 3.63) is 0 Å². The van der Waals surface area contributed by atoms with Crippen molar-refractivity contribution >= 4 is 9.04 Å². The molecule has 0 spiro atoms. The Bertz CT molecular complexity index is 57.0. The maximum absolute atomic E-state index is 8.94. The highest BCUT2D eigenvalue weighted by atomic mass is 28.3. The van der Waals surface area contributed by atoms with Crippen LogP contribution in [0.1, 0.15) is 13.3 Å². The Labute approximate surface area is 58.6 Å². The molecule has 3 heteroatoms. The van der Waals surface area contributed by atoms with Gasteiger partial charge in [-0.1, -0.05) is 0 Å². The van der Waals surface area contributed by atoms with E-state index >= 15 is 0 Å². The van der Waals surface area contributed by atoms with Gasteiger partial charge in [-0.15, -0.1) is 0 Å². The van der Waals surface area contributed by atoms with Gasteiger partial charge in [0.2, 0.25) is 0 Å². The molecule has 9 heavy (non-hydrogen) atoms. The monoisotopic (exact) mass is 148 g/mol. The SMILES string of the molecule is CCOCCC[SiH](C)O. The third-order valence-electron chi connectivity index (χ3n) is 1.11. The molecular formula is C6H16O2Si. The molecule has 0 aromatic rings. The average Bonchev–Trinajstić information content (AvgIpc) is 1.80. The van der Waals surface area contributed by atoms with Crippen LogP contribution in [-0.2, 0) is 4.74 Å². The van der Waals surface area contributed by atoms with Crippen LogP contribution in [-0.4, -0.2) is 27.0 Å². The molecule has 0 heterocycles. The van der Waals surface area contributed by atoms with Crippen molar-refractivity contribution < 1.29 is 9.53 Å². The fraction of sp³-hybridized carbons (Fsp3) is 1.00. The minimum absolute atomic E-state index is 0.793. The van der Waals surface area contributed by atoms with Crippen molar-refractivity contribution in [2.45, 2.75) is 25.9 Å². The molecule has 1 atom stereocenters. The highest BCUT2D eigenvalue weighted by Gasteiger charge is 1.96. The van der Waals surface area contributed by atoms with Gasteiger partial charge in [-0.2, -0.15) is 0 Å². The van der Waals surface area contributed by atoms with E-state index in [9.17, 15) is 0 Å². The molecule has 0 saturated carbocycles. The molecule has 0 fully saturated rings. The van der Waals surface area contributed by atoms with E-state index in [1.807, 2.05) is 13.5 Å². The zero-order chi connectivity index (χ0) is 7.11. The fourth-order valence-electron chi connectivity index (χ4n) is 0.625. The summed E-state index contributed by atoms with van der Waals surface area (Å²) in [5.41, 5.74) is 0. The quantitative estimate of drug-likeness (QED) is 0.461. The van der Waals surface area contributed by atoms with Crippen molar-refractivity contribution in [1.82, 2.24) is 0 Å². The third-order valence-corrected chi connectivity index (χ3v) is 2.36. The summed E-state index contributed by atoms with van der Waals surface area (Å²) >= 11 is 0. The minimum atomic E-state index is -1.29. The van der Waals surface area contributed by atoms with E-state index in [4.69, 9.17) is 9.53 Å². The van der Waals surface area contributed by atoms with Gasteiger partial charge < -0.3 is 9.53 Å². The molecular weight excluding hydrogens is 132 g/mol. The first-order valence-corrected chi connectivity index (χ1v) is 6.02. The first-order valence-electron chi connectivity index (χ1n) is 3.53. The van der Waals surface area contributed by atoms with Crippen molar-refractivity contribution in [3.8, 4) is 0 Å². The summed E-state index contributed by atoms with van der Waals surface area (Å²) in [6.45, 7) is 5.53. The smallest absolute Gasteiger partial charge is 0.169 e. The molecule has 0 aromatic carbocycles. The molecule has 0 amide bonds. The van der Waals surface area contributed by atoms with Gasteiger partial charge >= 0.3 is 0 Å². The zero-order valence-corrected chi connectivity index (χ0v) is 7.42. The van der Waals surface area contributed by atoms with Gasteiger partial charge in [-0.25, -0.2) is 0 Å². The average molecular weight is 148 g/mol. The lowest BCUT2D eigenvalue weighted by Gasteiger charge is -2.01. The Balaban J connectivity index is 2.75. The molecule has 1 unspecified atom stereocenters. The van der Waals surface area contributed by atoms with Crippen LogP contribution >= 0.6 is 0 Å². The lowest BCUT2D eigenvalue weighted by atomic mass is 10.5. The predicted molar refractivity (Wildman–Crippen MR) is 41.1 cm³/mol. The number of hydrogen-bond acceptors (Lipinski definition) is 2. The van der Waals surface area contributed by atoms with Gasteiger partial charge in [0.1, 0.15) is 0 Å². The van der Waals surface area contributed by atoms with Gasteiger partial charge in [-0.05, 0) is 25.9 Å². The van der Waals surface area contributed by atoms with Gasteiger partial charge in [0.05, 0.1) is 0 Å². The van der Waals surface area contributed by atoms with Crippen LogP contribution in [0.15, 0.2) is 0 Å². The summed E-state index contributed by atoms with van der Waals surface area (Å²) in [6.07, 6.45) is 1.03. The van der Waals surface area contributed by atoms with Crippen molar-refractivity contribution in [2.24, 2.45) is 0 Å². The van der Waals surface area contributed by atoms with Gasteiger partial charge in [0.25, 0.3) is 0 Å². The van der Waals surface area contributed by atoms with E-state index in [1.54, 1.807) is 0 Å². The fourth-order valence-corrected chi connectivity index (χ4v) is 1.38. The molecule has 56 valence electrons. The molecule has 2 nitrogen and oxygen atoms in total. The van der Waals surface area contributed by atoms with E-state index in [-0.39, 0.29) is 0 Å². The summed E-state index contributed by atoms with van der Waals surface area (Å²) in [7, 11) is -1.29. The van der Waals surface area contributed by atoms with E-state index in [0.29, 0.717) is 0 Å². The maximum Gasteiger partial charge on any atom is 0.169 e. The Morgan fingerprint density at radius 3 is 2.67 bits per heavy atom. The van der Waals surface area contributed by atoms with Crippen LogP contribution in [0.4, 0.5) is 0 Å². The van der Waals surface area contributed by atoms with E-state index in [0.717, 1.165) is 25.7 Å². The normalized spacial score (nSPS) is 13.7. The van der Waals surface area contributed by atoms with Gasteiger partial charge in [0, 0.05) is 13.2 Å². The van der Waals surface area contributed by atoms with E-state index in [1.165, 1.54) is 0 Å². The van der Waals surface area contributed by atoms with Crippen LogP contribution in [0.2, 0.25) is 12.6 Å². The second-order valence-corrected chi connectivity index (χ2v) is 4.46. The second-order valence-electron chi connectivity index (χ2n) is 2.19. The lowest BCUT2D eigenvalue weighted by molar-refractivity contribution is 0.148. The van der Waals surface area contributed by atoms with Crippen LogP contribution in [0, 0.1) is 0 Å². The zero-order valence-electron chi connectivity index (χ0n) is 6.26. The molecule has 0 aromatic heterocycles. The predicted octanol–water partition coefficient (Wildman–Crippen LogP) is 0.759. The van der Waals surface area contributed by atoms with Crippen LogP contribution < -0.4 is 0 Å². The molecule has 0 aliphatic rings. The first-order chi connectivity index (χ1) is 4.27. The molecule has 0 aliphatic heterocycles. The Kier molecular flexibility index (Phi) is 6.35. The van der Waals surface area contributed by atoms with E-state index < -0.39 is 9.04 Å². The van der Waals surface area contributed by atoms with Crippen LogP contribution in [0.25, 0.3) is 0 Å². The summed E-state index contributed by atoms with van der Waals surface area (Å²) in [5, 5.41) is 0. The van der Waals surface area contributed by atoms with Crippen LogP contribution in [0.5, 0.6) is 0 Å². The molecule has 0 radical (unpaired) electrons. The van der Waals surface area contributed by atoms with Crippen molar-refractivity contribution in [2.75, 3.05) is 13.2 Å². The largest absolute Gasteiger partial charge is 0.435 e.